The van der Waals surface area contributed by atoms with Gasteiger partial charge in [0.05, 0.1) is 5.92 Å². The van der Waals surface area contributed by atoms with Crippen molar-refractivity contribution in [3.63, 3.8) is 0 Å². The first kappa shape index (κ1) is 13.2. The zero-order chi connectivity index (χ0) is 11.7. The van der Waals surface area contributed by atoms with Crippen molar-refractivity contribution in [3.8, 4) is 12.3 Å². The Morgan fingerprint density at radius 2 is 1.93 bits per heavy atom. The fourth-order valence-corrected chi connectivity index (χ4v) is 0.884. The first-order valence-corrected chi connectivity index (χ1v) is 4.84. The lowest BCUT2D eigenvalue weighted by atomic mass is 10.0. The number of terminal acetylenes is 1. The Morgan fingerprint density at radius 3 is 2.27 bits per heavy atom. The molecule has 0 bridgehead atoms. The van der Waals surface area contributed by atoms with Gasteiger partial charge in [0.15, 0.2) is 0 Å². The number of rotatable bonds is 2. The lowest BCUT2D eigenvalue weighted by molar-refractivity contribution is -0.138. The third-order valence-corrected chi connectivity index (χ3v) is 1.87. The van der Waals surface area contributed by atoms with Crippen LogP contribution in [0.4, 0.5) is 0 Å². The van der Waals surface area contributed by atoms with Gasteiger partial charge in [0.1, 0.15) is 0 Å². The number of benzene rings is 1. The maximum absolute atomic E-state index is 10.5. The molecular weight excluding hydrogens is 188 g/mol. The molecule has 1 unspecified atom stereocenters. The SMILES string of the molecule is C#CCC.CC(C(=O)O)c1ccccc1. The van der Waals surface area contributed by atoms with E-state index in [0.717, 1.165) is 12.0 Å². The van der Waals surface area contributed by atoms with Gasteiger partial charge in [-0.05, 0) is 12.5 Å². The third kappa shape index (κ3) is 5.53. The largest absolute Gasteiger partial charge is 0.481 e. The lowest BCUT2D eigenvalue weighted by Gasteiger charge is -2.04. The predicted molar refractivity (Wildman–Crippen MR) is 61.6 cm³/mol. The summed E-state index contributed by atoms with van der Waals surface area (Å²) in [5.74, 6) is 1.24. The molecule has 0 saturated carbocycles. The number of hydrogen-bond donors (Lipinski definition) is 1. The predicted octanol–water partition coefficient (Wildman–Crippen LogP) is 2.90. The fourth-order valence-electron chi connectivity index (χ4n) is 0.884. The average molecular weight is 204 g/mol. The minimum atomic E-state index is -0.781. The van der Waals surface area contributed by atoms with Crippen molar-refractivity contribution in [1.82, 2.24) is 0 Å². The number of carboxylic acids is 1. The van der Waals surface area contributed by atoms with Crippen molar-refractivity contribution < 1.29 is 9.90 Å². The molecule has 2 nitrogen and oxygen atoms in total. The molecule has 0 saturated heterocycles. The lowest BCUT2D eigenvalue weighted by Crippen LogP contribution is -2.06. The number of carbonyl (C=O) groups is 1. The summed E-state index contributed by atoms with van der Waals surface area (Å²) < 4.78 is 0. The fraction of sp³-hybridized carbons (Fsp3) is 0.308. The first-order valence-electron chi connectivity index (χ1n) is 4.84. The molecule has 80 valence electrons. The van der Waals surface area contributed by atoms with Crippen LogP contribution in [0.5, 0.6) is 0 Å². The molecule has 0 heterocycles. The van der Waals surface area contributed by atoms with E-state index in [4.69, 9.17) is 11.5 Å². The van der Waals surface area contributed by atoms with E-state index in [1.807, 2.05) is 37.3 Å². The van der Waals surface area contributed by atoms with E-state index in [9.17, 15) is 4.79 Å². The standard InChI is InChI=1S/C9H10O2.C4H6/c1-7(9(10)11)8-5-3-2-4-6-8;1-3-4-2/h2-7H,1H3,(H,10,11);1H,4H2,2H3. The highest BCUT2D eigenvalue weighted by Crippen LogP contribution is 2.13. The van der Waals surface area contributed by atoms with Crippen LogP contribution < -0.4 is 0 Å². The summed E-state index contributed by atoms with van der Waals surface area (Å²) in [6.07, 6.45) is 5.62. The summed E-state index contributed by atoms with van der Waals surface area (Å²) in [6.45, 7) is 3.62. The van der Waals surface area contributed by atoms with E-state index in [1.165, 1.54) is 0 Å². The highest BCUT2D eigenvalue weighted by Gasteiger charge is 2.11. The van der Waals surface area contributed by atoms with Crippen LogP contribution in [0.15, 0.2) is 30.3 Å². The molecule has 0 aromatic heterocycles. The van der Waals surface area contributed by atoms with E-state index in [0.29, 0.717) is 0 Å². The molecule has 0 amide bonds. The number of aliphatic carboxylic acids is 1. The topological polar surface area (TPSA) is 37.3 Å². The van der Waals surface area contributed by atoms with E-state index in [1.54, 1.807) is 6.92 Å². The van der Waals surface area contributed by atoms with Crippen LogP contribution in [-0.2, 0) is 4.79 Å². The van der Waals surface area contributed by atoms with Crippen LogP contribution in [0.25, 0.3) is 0 Å². The molecule has 0 aliphatic carbocycles. The molecule has 2 heteroatoms. The zero-order valence-electron chi connectivity index (χ0n) is 9.10. The molecule has 0 spiro atoms. The number of hydrogen-bond acceptors (Lipinski definition) is 1. The number of carboxylic acid groups (broad SMARTS) is 1. The van der Waals surface area contributed by atoms with E-state index >= 15 is 0 Å². The Kier molecular flexibility index (Phi) is 6.74. The molecule has 1 N–H and O–H groups in total. The second-order valence-electron chi connectivity index (χ2n) is 3.03. The minimum Gasteiger partial charge on any atom is -0.481 e. The van der Waals surface area contributed by atoms with E-state index in [-0.39, 0.29) is 0 Å². The van der Waals surface area contributed by atoms with E-state index in [2.05, 4.69) is 5.92 Å². The van der Waals surface area contributed by atoms with Gasteiger partial charge in [-0.25, -0.2) is 0 Å². The van der Waals surface area contributed by atoms with Crippen LogP contribution in [-0.4, -0.2) is 11.1 Å². The summed E-state index contributed by atoms with van der Waals surface area (Å²) in [5.41, 5.74) is 0.847. The first-order chi connectivity index (χ1) is 7.13. The van der Waals surface area contributed by atoms with Crippen molar-refractivity contribution in [3.05, 3.63) is 35.9 Å². The van der Waals surface area contributed by atoms with Crippen molar-refractivity contribution in [2.24, 2.45) is 0 Å². The quantitative estimate of drug-likeness (QED) is 0.752. The molecule has 15 heavy (non-hydrogen) atoms. The second kappa shape index (κ2) is 7.64. The molecule has 1 aromatic carbocycles. The van der Waals surface area contributed by atoms with Crippen molar-refractivity contribution >= 4 is 5.97 Å². The van der Waals surface area contributed by atoms with Gasteiger partial charge in [-0.2, -0.15) is 0 Å². The summed E-state index contributed by atoms with van der Waals surface area (Å²) in [4.78, 5) is 10.5. The molecule has 0 fully saturated rings. The Labute approximate surface area is 90.9 Å². The molecule has 1 atom stereocenters. The summed E-state index contributed by atoms with van der Waals surface area (Å²) in [6, 6.07) is 9.19. The molecule has 0 aliphatic rings. The van der Waals surface area contributed by atoms with Gasteiger partial charge in [0.2, 0.25) is 0 Å². The second-order valence-corrected chi connectivity index (χ2v) is 3.03. The average Bonchev–Trinajstić information content (AvgIpc) is 2.29. The maximum atomic E-state index is 10.5. The van der Waals surface area contributed by atoms with Crippen LogP contribution in [0, 0.1) is 12.3 Å². The summed E-state index contributed by atoms with van der Waals surface area (Å²) >= 11 is 0. The van der Waals surface area contributed by atoms with Crippen LogP contribution in [0.1, 0.15) is 31.7 Å². The third-order valence-electron chi connectivity index (χ3n) is 1.87. The monoisotopic (exact) mass is 204 g/mol. The molecular formula is C13H16O2. The smallest absolute Gasteiger partial charge is 0.310 e. The van der Waals surface area contributed by atoms with Gasteiger partial charge in [-0.1, -0.05) is 37.3 Å². The van der Waals surface area contributed by atoms with Crippen LogP contribution in [0.3, 0.4) is 0 Å². The summed E-state index contributed by atoms with van der Waals surface area (Å²) in [7, 11) is 0. The molecule has 1 aromatic rings. The maximum Gasteiger partial charge on any atom is 0.310 e. The minimum absolute atomic E-state index is 0.406. The molecule has 0 aliphatic heterocycles. The van der Waals surface area contributed by atoms with Gasteiger partial charge in [-0.3, -0.25) is 4.79 Å². The Hall–Kier alpha value is -1.75. The molecule has 1 rings (SSSR count). The van der Waals surface area contributed by atoms with Crippen molar-refractivity contribution in [2.75, 3.05) is 0 Å². The van der Waals surface area contributed by atoms with Crippen LogP contribution in [0.2, 0.25) is 0 Å². The van der Waals surface area contributed by atoms with E-state index < -0.39 is 11.9 Å². The Morgan fingerprint density at radius 1 is 1.47 bits per heavy atom. The van der Waals surface area contributed by atoms with Gasteiger partial charge < -0.3 is 5.11 Å². The van der Waals surface area contributed by atoms with Gasteiger partial charge in [0.25, 0.3) is 0 Å². The Bertz CT molecular complexity index is 322. The van der Waals surface area contributed by atoms with Crippen LogP contribution >= 0.6 is 0 Å². The highest BCUT2D eigenvalue weighted by atomic mass is 16.4. The summed E-state index contributed by atoms with van der Waals surface area (Å²) in [5, 5.41) is 8.64. The van der Waals surface area contributed by atoms with Gasteiger partial charge in [0, 0.05) is 6.42 Å². The van der Waals surface area contributed by atoms with Crippen molar-refractivity contribution in [2.45, 2.75) is 26.2 Å². The normalized spacial score (nSPS) is 10.5. The Balaban J connectivity index is 0.000000423. The van der Waals surface area contributed by atoms with Gasteiger partial charge >= 0.3 is 5.97 Å². The van der Waals surface area contributed by atoms with Crippen molar-refractivity contribution in [1.29, 1.82) is 0 Å². The van der Waals surface area contributed by atoms with Gasteiger partial charge in [-0.15, -0.1) is 12.3 Å². The highest BCUT2D eigenvalue weighted by molar-refractivity contribution is 5.75. The zero-order valence-corrected chi connectivity index (χ0v) is 9.10. The molecule has 0 radical (unpaired) electrons.